The van der Waals surface area contributed by atoms with Crippen molar-refractivity contribution >= 4 is 5.91 Å². The van der Waals surface area contributed by atoms with Crippen LogP contribution in [-0.2, 0) is 0 Å². The highest BCUT2D eigenvalue weighted by atomic mass is 19.1. The topological polar surface area (TPSA) is 75.3 Å². The Balaban J connectivity index is 2.68. The first-order valence-electron chi connectivity index (χ1n) is 6.08. The van der Waals surface area contributed by atoms with Crippen LogP contribution >= 0.6 is 0 Å². The summed E-state index contributed by atoms with van der Waals surface area (Å²) in [6, 6.07) is 3.19. The molecule has 0 radical (unpaired) electrons. The van der Waals surface area contributed by atoms with Crippen LogP contribution in [0.3, 0.4) is 0 Å². The molecule has 0 aliphatic rings. The minimum absolute atomic E-state index is 0.0614. The van der Waals surface area contributed by atoms with Crippen LogP contribution in [0.5, 0.6) is 5.75 Å². The number of carbonyl (C=O) groups is 1. The number of phenols is 1. The number of hydrogen-bond acceptors (Lipinski definition) is 3. The highest BCUT2D eigenvalue weighted by molar-refractivity contribution is 5.96. The zero-order chi connectivity index (χ0) is 13.5. The minimum atomic E-state index is -0.578. The summed E-state index contributed by atoms with van der Waals surface area (Å²) >= 11 is 0. The summed E-state index contributed by atoms with van der Waals surface area (Å²) in [4.78, 5) is 11.9. The molecule has 0 saturated heterocycles. The molecule has 100 valence electrons. The first kappa shape index (κ1) is 14.4. The van der Waals surface area contributed by atoms with Gasteiger partial charge in [-0.25, -0.2) is 4.39 Å². The molecule has 5 heteroatoms. The maximum Gasteiger partial charge on any atom is 0.255 e. The summed E-state index contributed by atoms with van der Waals surface area (Å²) in [5.41, 5.74) is 5.63. The Hall–Kier alpha value is -1.62. The first-order chi connectivity index (χ1) is 8.58. The summed E-state index contributed by atoms with van der Waals surface area (Å²) < 4.78 is 12.8. The van der Waals surface area contributed by atoms with Crippen LogP contribution in [0.25, 0.3) is 0 Å². The van der Waals surface area contributed by atoms with E-state index in [9.17, 15) is 14.3 Å². The highest BCUT2D eigenvalue weighted by Gasteiger charge is 2.15. The van der Waals surface area contributed by atoms with Gasteiger partial charge in [0.25, 0.3) is 5.91 Å². The van der Waals surface area contributed by atoms with Gasteiger partial charge in [0.2, 0.25) is 0 Å². The molecule has 1 rings (SSSR count). The number of phenolic OH excluding ortho intramolecular Hbond substituents is 1. The van der Waals surface area contributed by atoms with E-state index in [4.69, 9.17) is 5.73 Å². The van der Waals surface area contributed by atoms with Crippen molar-refractivity contribution in [1.29, 1.82) is 0 Å². The van der Waals surface area contributed by atoms with E-state index in [1.807, 2.05) is 0 Å². The lowest BCUT2D eigenvalue weighted by Crippen LogP contribution is -2.40. The van der Waals surface area contributed by atoms with Crippen molar-refractivity contribution in [3.05, 3.63) is 29.6 Å². The molecule has 0 saturated carbocycles. The SMILES string of the molecule is CCCCC(CN)NC(=O)c1ccc(F)cc1O. The number of unbranched alkanes of at least 4 members (excludes halogenated alkanes) is 1. The average Bonchev–Trinajstić information content (AvgIpc) is 2.34. The molecule has 0 aliphatic heterocycles. The zero-order valence-corrected chi connectivity index (χ0v) is 10.4. The molecule has 0 bridgehead atoms. The van der Waals surface area contributed by atoms with Crippen molar-refractivity contribution < 1.29 is 14.3 Å². The predicted octanol–water partition coefficient (Wildman–Crippen LogP) is 1.78. The maximum atomic E-state index is 12.8. The molecule has 0 spiro atoms. The van der Waals surface area contributed by atoms with Crippen LogP contribution in [0.15, 0.2) is 18.2 Å². The van der Waals surface area contributed by atoms with Crippen LogP contribution in [0.4, 0.5) is 4.39 Å². The fraction of sp³-hybridized carbons (Fsp3) is 0.462. The third-order valence-corrected chi connectivity index (χ3v) is 2.73. The van der Waals surface area contributed by atoms with E-state index in [1.54, 1.807) is 0 Å². The third-order valence-electron chi connectivity index (χ3n) is 2.73. The lowest BCUT2D eigenvalue weighted by atomic mass is 10.1. The van der Waals surface area contributed by atoms with Gasteiger partial charge in [0, 0.05) is 18.7 Å². The molecule has 0 fully saturated rings. The third kappa shape index (κ3) is 4.00. The maximum absolute atomic E-state index is 12.8. The van der Waals surface area contributed by atoms with Crippen molar-refractivity contribution in [3.63, 3.8) is 0 Å². The number of nitrogens with one attached hydrogen (secondary N) is 1. The molecule has 0 aromatic heterocycles. The van der Waals surface area contributed by atoms with Gasteiger partial charge in [-0.1, -0.05) is 19.8 Å². The number of hydrogen-bond donors (Lipinski definition) is 3. The first-order valence-corrected chi connectivity index (χ1v) is 6.08. The van der Waals surface area contributed by atoms with Gasteiger partial charge in [0.05, 0.1) is 5.56 Å². The van der Waals surface area contributed by atoms with Gasteiger partial charge >= 0.3 is 0 Å². The van der Waals surface area contributed by atoms with Crippen molar-refractivity contribution in [2.75, 3.05) is 6.54 Å². The number of halogens is 1. The van der Waals surface area contributed by atoms with Gasteiger partial charge in [-0.05, 0) is 18.6 Å². The van der Waals surface area contributed by atoms with Crippen LogP contribution in [0.2, 0.25) is 0 Å². The normalized spacial score (nSPS) is 12.2. The summed E-state index contributed by atoms with van der Waals surface area (Å²) in [5.74, 6) is -1.37. The second-order valence-electron chi connectivity index (χ2n) is 4.21. The summed E-state index contributed by atoms with van der Waals surface area (Å²) in [6.45, 7) is 2.40. The van der Waals surface area contributed by atoms with Gasteiger partial charge in [-0.2, -0.15) is 0 Å². The van der Waals surface area contributed by atoms with E-state index >= 15 is 0 Å². The van der Waals surface area contributed by atoms with E-state index in [0.29, 0.717) is 6.54 Å². The van der Waals surface area contributed by atoms with E-state index in [0.717, 1.165) is 31.4 Å². The van der Waals surface area contributed by atoms with Gasteiger partial charge in [-0.15, -0.1) is 0 Å². The molecule has 4 N–H and O–H groups in total. The fourth-order valence-corrected chi connectivity index (χ4v) is 1.66. The largest absolute Gasteiger partial charge is 0.507 e. The molecule has 1 aromatic rings. The average molecular weight is 254 g/mol. The van der Waals surface area contributed by atoms with Crippen LogP contribution in [0.1, 0.15) is 36.5 Å². The number of nitrogens with two attached hydrogens (primary N) is 1. The molecule has 4 nitrogen and oxygen atoms in total. The van der Waals surface area contributed by atoms with Crippen LogP contribution < -0.4 is 11.1 Å². The Kier molecular flexibility index (Phi) is 5.58. The predicted molar refractivity (Wildman–Crippen MR) is 67.9 cm³/mol. The monoisotopic (exact) mass is 254 g/mol. The minimum Gasteiger partial charge on any atom is -0.507 e. The quantitative estimate of drug-likeness (QED) is 0.724. The molecular formula is C13H19FN2O2. The smallest absolute Gasteiger partial charge is 0.255 e. The second-order valence-corrected chi connectivity index (χ2v) is 4.21. The molecular weight excluding hydrogens is 235 g/mol. The van der Waals surface area contributed by atoms with Crippen molar-refractivity contribution in [2.24, 2.45) is 5.73 Å². The molecule has 18 heavy (non-hydrogen) atoms. The van der Waals surface area contributed by atoms with Crippen molar-refractivity contribution in [2.45, 2.75) is 32.2 Å². The highest BCUT2D eigenvalue weighted by Crippen LogP contribution is 2.18. The molecule has 1 aromatic carbocycles. The molecule has 1 unspecified atom stereocenters. The fourth-order valence-electron chi connectivity index (χ4n) is 1.66. The Morgan fingerprint density at radius 3 is 2.83 bits per heavy atom. The number of aromatic hydroxyl groups is 1. The Bertz CT molecular complexity index is 410. The Morgan fingerprint density at radius 1 is 1.56 bits per heavy atom. The van der Waals surface area contributed by atoms with E-state index in [-0.39, 0.29) is 17.4 Å². The number of carbonyl (C=O) groups excluding carboxylic acids is 1. The lowest BCUT2D eigenvalue weighted by molar-refractivity contribution is 0.0933. The van der Waals surface area contributed by atoms with Gasteiger partial charge in [0.15, 0.2) is 0 Å². The molecule has 1 amide bonds. The van der Waals surface area contributed by atoms with Crippen molar-refractivity contribution in [3.8, 4) is 5.75 Å². The summed E-state index contributed by atoms with van der Waals surface area (Å²) in [6.07, 6.45) is 2.78. The lowest BCUT2D eigenvalue weighted by Gasteiger charge is -2.16. The standard InChI is InChI=1S/C13H19FN2O2/c1-2-3-4-10(8-15)16-13(18)11-6-5-9(14)7-12(11)17/h5-7,10,17H,2-4,8,15H2,1H3,(H,16,18). The summed E-state index contributed by atoms with van der Waals surface area (Å²) in [7, 11) is 0. The van der Waals surface area contributed by atoms with Gasteiger partial charge in [-0.3, -0.25) is 4.79 Å². The van der Waals surface area contributed by atoms with Gasteiger partial charge < -0.3 is 16.2 Å². The van der Waals surface area contributed by atoms with Crippen LogP contribution in [-0.4, -0.2) is 23.6 Å². The van der Waals surface area contributed by atoms with Crippen LogP contribution in [0, 0.1) is 5.82 Å². The van der Waals surface area contributed by atoms with Crippen molar-refractivity contribution in [1.82, 2.24) is 5.32 Å². The van der Waals surface area contributed by atoms with Gasteiger partial charge in [0.1, 0.15) is 11.6 Å². The second kappa shape index (κ2) is 6.96. The molecule has 0 heterocycles. The Labute approximate surface area is 106 Å². The van der Waals surface area contributed by atoms with E-state index in [2.05, 4.69) is 12.2 Å². The molecule has 0 aliphatic carbocycles. The molecule has 1 atom stereocenters. The number of benzene rings is 1. The summed E-state index contributed by atoms with van der Waals surface area (Å²) in [5, 5.41) is 12.2. The number of rotatable bonds is 6. The van der Waals surface area contributed by atoms with E-state index in [1.165, 1.54) is 6.07 Å². The van der Waals surface area contributed by atoms with E-state index < -0.39 is 11.7 Å². The number of amides is 1. The zero-order valence-electron chi connectivity index (χ0n) is 10.4. The Morgan fingerprint density at radius 2 is 2.28 bits per heavy atom.